The van der Waals surface area contributed by atoms with Crippen molar-refractivity contribution < 1.29 is 9.53 Å². The van der Waals surface area contributed by atoms with Crippen LogP contribution in [0, 0.1) is 11.3 Å². The standard InChI is InChI=1S/C25H17N3O2/c1-2-30-25(29)23-14-18(15-26)24-19(13-17-8-4-6-10-22(17)28(23)24)21-12-11-16-7-3-5-9-20(16)27-21/h3-14H,2H2,1H3. The zero-order valence-electron chi connectivity index (χ0n) is 16.3. The molecule has 0 atom stereocenters. The third-order valence-corrected chi connectivity index (χ3v) is 5.21. The molecule has 3 aromatic heterocycles. The summed E-state index contributed by atoms with van der Waals surface area (Å²) in [6.07, 6.45) is 0. The normalized spacial score (nSPS) is 11.1. The number of hydrogen-bond donors (Lipinski definition) is 0. The molecule has 0 bridgehead atoms. The van der Waals surface area contributed by atoms with E-state index in [-0.39, 0.29) is 6.61 Å². The topological polar surface area (TPSA) is 67.4 Å². The van der Waals surface area contributed by atoms with E-state index in [1.165, 1.54) is 0 Å². The third kappa shape index (κ3) is 2.70. The van der Waals surface area contributed by atoms with Gasteiger partial charge >= 0.3 is 5.97 Å². The number of fused-ring (bicyclic) bond motifs is 4. The van der Waals surface area contributed by atoms with Crippen molar-refractivity contribution >= 4 is 33.3 Å². The highest BCUT2D eigenvalue weighted by Crippen LogP contribution is 2.34. The molecule has 2 aromatic carbocycles. The minimum absolute atomic E-state index is 0.262. The maximum absolute atomic E-state index is 12.7. The van der Waals surface area contributed by atoms with Crippen molar-refractivity contribution in [3.8, 4) is 17.3 Å². The van der Waals surface area contributed by atoms with Crippen LogP contribution in [0.25, 0.3) is 38.6 Å². The number of esters is 1. The van der Waals surface area contributed by atoms with Gasteiger partial charge in [0.05, 0.1) is 34.4 Å². The Labute approximate surface area is 172 Å². The van der Waals surface area contributed by atoms with Crippen LogP contribution in [-0.4, -0.2) is 22.0 Å². The molecule has 0 aliphatic rings. The van der Waals surface area contributed by atoms with Gasteiger partial charge in [-0.3, -0.25) is 0 Å². The van der Waals surface area contributed by atoms with Gasteiger partial charge in [0.1, 0.15) is 11.8 Å². The Balaban J connectivity index is 1.91. The lowest BCUT2D eigenvalue weighted by atomic mass is 10.0. The molecular formula is C25H17N3O2. The first kappa shape index (κ1) is 17.9. The Bertz CT molecular complexity index is 1490. The number of benzene rings is 2. The van der Waals surface area contributed by atoms with Gasteiger partial charge < -0.3 is 9.14 Å². The number of pyridine rings is 2. The van der Waals surface area contributed by atoms with E-state index in [9.17, 15) is 10.1 Å². The molecule has 0 spiro atoms. The van der Waals surface area contributed by atoms with Gasteiger partial charge in [0.25, 0.3) is 0 Å². The number of nitrogens with zero attached hydrogens (tertiary/aromatic N) is 3. The monoisotopic (exact) mass is 391 g/mol. The van der Waals surface area contributed by atoms with Crippen LogP contribution in [0.2, 0.25) is 0 Å². The molecule has 0 radical (unpaired) electrons. The van der Waals surface area contributed by atoms with Gasteiger partial charge in [0, 0.05) is 10.9 Å². The van der Waals surface area contributed by atoms with Crippen molar-refractivity contribution in [3.05, 3.63) is 84.1 Å². The summed E-state index contributed by atoms with van der Waals surface area (Å²) in [5, 5.41) is 11.8. The zero-order chi connectivity index (χ0) is 20.7. The average Bonchev–Trinajstić information content (AvgIpc) is 3.18. The molecule has 144 valence electrons. The number of carbonyl (C=O) groups excluding carboxylic acids is 1. The molecule has 5 heteroatoms. The van der Waals surface area contributed by atoms with Crippen LogP contribution in [0.4, 0.5) is 0 Å². The maximum Gasteiger partial charge on any atom is 0.355 e. The van der Waals surface area contributed by atoms with Gasteiger partial charge in [0.2, 0.25) is 0 Å². The first-order valence-electron chi connectivity index (χ1n) is 9.72. The van der Waals surface area contributed by atoms with Gasteiger partial charge in [-0.15, -0.1) is 0 Å². The van der Waals surface area contributed by atoms with Crippen LogP contribution in [-0.2, 0) is 4.74 Å². The summed E-state index contributed by atoms with van der Waals surface area (Å²) in [5.74, 6) is -0.456. The molecule has 30 heavy (non-hydrogen) atoms. The van der Waals surface area contributed by atoms with E-state index in [0.717, 1.165) is 33.1 Å². The quantitative estimate of drug-likeness (QED) is 0.389. The molecule has 5 nitrogen and oxygen atoms in total. The summed E-state index contributed by atoms with van der Waals surface area (Å²) >= 11 is 0. The summed E-state index contributed by atoms with van der Waals surface area (Å²) in [4.78, 5) is 17.5. The summed E-state index contributed by atoms with van der Waals surface area (Å²) in [7, 11) is 0. The molecule has 0 saturated carbocycles. The fourth-order valence-corrected chi connectivity index (χ4v) is 3.92. The van der Waals surface area contributed by atoms with Crippen LogP contribution < -0.4 is 0 Å². The van der Waals surface area contributed by atoms with Crippen molar-refractivity contribution in [2.45, 2.75) is 6.92 Å². The Morgan fingerprint density at radius 3 is 2.60 bits per heavy atom. The molecule has 0 N–H and O–H groups in total. The second-order valence-electron chi connectivity index (χ2n) is 6.97. The lowest BCUT2D eigenvalue weighted by Gasteiger charge is -2.12. The summed E-state index contributed by atoms with van der Waals surface area (Å²) in [5.41, 5.74) is 4.65. The Kier molecular flexibility index (Phi) is 4.19. The van der Waals surface area contributed by atoms with E-state index in [4.69, 9.17) is 9.72 Å². The summed E-state index contributed by atoms with van der Waals surface area (Å²) in [6, 6.07) is 25.5. The molecule has 0 amide bonds. The van der Waals surface area contributed by atoms with Crippen molar-refractivity contribution in [2.75, 3.05) is 6.61 Å². The van der Waals surface area contributed by atoms with Gasteiger partial charge in [-0.05, 0) is 42.6 Å². The Morgan fingerprint density at radius 2 is 1.80 bits per heavy atom. The number of aromatic nitrogens is 2. The minimum atomic E-state index is -0.456. The predicted octanol–water partition coefficient (Wildman–Crippen LogP) is 5.36. The maximum atomic E-state index is 12.7. The highest BCUT2D eigenvalue weighted by molar-refractivity contribution is 6.01. The number of ether oxygens (including phenoxy) is 1. The van der Waals surface area contributed by atoms with Crippen LogP contribution in [0.3, 0.4) is 0 Å². The molecule has 0 aliphatic heterocycles. The first-order valence-corrected chi connectivity index (χ1v) is 9.72. The third-order valence-electron chi connectivity index (χ3n) is 5.21. The second-order valence-corrected chi connectivity index (χ2v) is 6.97. The fraction of sp³-hybridized carbons (Fsp3) is 0.0800. The molecule has 0 aliphatic carbocycles. The molecular weight excluding hydrogens is 374 g/mol. The molecule has 3 heterocycles. The SMILES string of the molecule is CCOC(=O)c1cc(C#N)c2c(-c3ccc4ccccc4n3)cc3ccccc3n12. The second kappa shape index (κ2) is 7.02. The molecule has 0 fully saturated rings. The average molecular weight is 391 g/mol. The van der Waals surface area contributed by atoms with E-state index in [1.807, 2.05) is 71.1 Å². The van der Waals surface area contributed by atoms with Crippen LogP contribution >= 0.6 is 0 Å². The van der Waals surface area contributed by atoms with Crippen molar-refractivity contribution in [1.82, 2.24) is 9.38 Å². The van der Waals surface area contributed by atoms with E-state index in [2.05, 4.69) is 6.07 Å². The van der Waals surface area contributed by atoms with Gasteiger partial charge in [-0.1, -0.05) is 42.5 Å². The minimum Gasteiger partial charge on any atom is -0.461 e. The van der Waals surface area contributed by atoms with E-state index in [0.29, 0.717) is 16.8 Å². The van der Waals surface area contributed by atoms with E-state index in [1.54, 1.807) is 13.0 Å². The van der Waals surface area contributed by atoms with Crippen LogP contribution in [0.1, 0.15) is 23.0 Å². The predicted molar refractivity (Wildman–Crippen MR) is 116 cm³/mol. The molecule has 0 unspecified atom stereocenters. The van der Waals surface area contributed by atoms with Gasteiger partial charge in [0.15, 0.2) is 0 Å². The van der Waals surface area contributed by atoms with Gasteiger partial charge in [-0.2, -0.15) is 5.26 Å². The highest BCUT2D eigenvalue weighted by Gasteiger charge is 2.22. The number of nitriles is 1. The number of rotatable bonds is 3. The van der Waals surface area contributed by atoms with Crippen LogP contribution in [0.15, 0.2) is 72.8 Å². The Hall–Kier alpha value is -4.17. The summed E-state index contributed by atoms with van der Waals surface area (Å²) < 4.78 is 7.08. The summed E-state index contributed by atoms with van der Waals surface area (Å²) in [6.45, 7) is 2.03. The number of hydrogen-bond acceptors (Lipinski definition) is 4. The fourth-order valence-electron chi connectivity index (χ4n) is 3.92. The zero-order valence-corrected chi connectivity index (χ0v) is 16.3. The largest absolute Gasteiger partial charge is 0.461 e. The number of carbonyl (C=O) groups is 1. The number of para-hydroxylation sites is 2. The smallest absolute Gasteiger partial charge is 0.355 e. The van der Waals surface area contributed by atoms with Crippen molar-refractivity contribution in [3.63, 3.8) is 0 Å². The van der Waals surface area contributed by atoms with Crippen molar-refractivity contribution in [2.24, 2.45) is 0 Å². The molecule has 5 aromatic rings. The first-order chi connectivity index (χ1) is 14.7. The van der Waals surface area contributed by atoms with Crippen molar-refractivity contribution in [1.29, 1.82) is 5.26 Å². The lowest BCUT2D eigenvalue weighted by molar-refractivity contribution is 0.0519. The lowest BCUT2D eigenvalue weighted by Crippen LogP contribution is -2.08. The highest BCUT2D eigenvalue weighted by atomic mass is 16.5. The molecule has 5 rings (SSSR count). The van der Waals surface area contributed by atoms with Crippen LogP contribution in [0.5, 0.6) is 0 Å². The molecule has 0 saturated heterocycles. The van der Waals surface area contributed by atoms with Gasteiger partial charge in [-0.25, -0.2) is 9.78 Å². The van der Waals surface area contributed by atoms with E-state index >= 15 is 0 Å². The van der Waals surface area contributed by atoms with E-state index < -0.39 is 5.97 Å². The Morgan fingerprint density at radius 1 is 1.03 bits per heavy atom.